The minimum atomic E-state index is -4.15. The lowest BCUT2D eigenvalue weighted by atomic mass is 10.2. The molecule has 0 aromatic heterocycles. The van der Waals surface area contributed by atoms with E-state index in [9.17, 15) is 22.8 Å². The number of hydrogen-bond acceptors (Lipinski definition) is 3. The van der Waals surface area contributed by atoms with Gasteiger partial charge in [0, 0.05) is 13.0 Å². The van der Waals surface area contributed by atoms with Crippen LogP contribution < -0.4 is 5.32 Å². The lowest BCUT2D eigenvalue weighted by Gasteiger charge is -2.06. The zero-order chi connectivity index (χ0) is 13.3. The summed E-state index contributed by atoms with van der Waals surface area (Å²) in [6, 6.07) is 0. The molecule has 2 N–H and O–H groups in total. The predicted octanol–water partition coefficient (Wildman–Crippen LogP) is 1.65. The first kappa shape index (κ1) is 16.1. The number of carbonyl (C=O) groups is 2. The number of rotatable bonds is 8. The first-order valence-electron chi connectivity index (χ1n) is 4.94. The second-order valence-corrected chi connectivity index (χ2v) is 4.29. The SMILES string of the molecule is O=C(O)CSCC(=O)NCCCCC(F)(F)F. The Kier molecular flexibility index (Phi) is 7.77. The smallest absolute Gasteiger partial charge is 0.389 e. The molecule has 0 saturated carbocycles. The molecular formula is C9H14F3NO3S. The number of carboxylic acids is 1. The van der Waals surface area contributed by atoms with E-state index in [4.69, 9.17) is 5.11 Å². The number of unbranched alkanes of at least 4 members (excludes halogenated alkanes) is 1. The normalized spacial score (nSPS) is 11.2. The maximum absolute atomic E-state index is 11.7. The van der Waals surface area contributed by atoms with Crippen LogP contribution >= 0.6 is 11.8 Å². The van der Waals surface area contributed by atoms with Gasteiger partial charge >= 0.3 is 12.1 Å². The second-order valence-electron chi connectivity index (χ2n) is 3.31. The van der Waals surface area contributed by atoms with Gasteiger partial charge in [-0.2, -0.15) is 13.2 Å². The Balaban J connectivity index is 3.37. The van der Waals surface area contributed by atoms with Crippen LogP contribution in [0, 0.1) is 0 Å². The highest BCUT2D eigenvalue weighted by Crippen LogP contribution is 2.21. The van der Waals surface area contributed by atoms with Crippen molar-refractivity contribution in [3.05, 3.63) is 0 Å². The number of nitrogens with one attached hydrogen (secondary N) is 1. The molecule has 17 heavy (non-hydrogen) atoms. The molecule has 0 atom stereocenters. The fourth-order valence-corrected chi connectivity index (χ4v) is 1.52. The molecule has 0 radical (unpaired) electrons. The number of thioether (sulfide) groups is 1. The third-order valence-electron chi connectivity index (χ3n) is 1.67. The molecule has 0 fully saturated rings. The van der Waals surface area contributed by atoms with Crippen LogP contribution in [-0.4, -0.2) is 41.2 Å². The Hall–Kier alpha value is -0.920. The zero-order valence-corrected chi connectivity index (χ0v) is 9.86. The Labute approximate surface area is 101 Å². The highest BCUT2D eigenvalue weighted by molar-refractivity contribution is 8.00. The van der Waals surface area contributed by atoms with Gasteiger partial charge in [-0.05, 0) is 12.8 Å². The molecule has 8 heteroatoms. The van der Waals surface area contributed by atoms with Crippen LogP contribution in [-0.2, 0) is 9.59 Å². The van der Waals surface area contributed by atoms with Crippen molar-refractivity contribution >= 4 is 23.6 Å². The van der Waals surface area contributed by atoms with Gasteiger partial charge in [0.15, 0.2) is 0 Å². The Morgan fingerprint density at radius 3 is 2.35 bits per heavy atom. The fraction of sp³-hybridized carbons (Fsp3) is 0.778. The highest BCUT2D eigenvalue weighted by atomic mass is 32.2. The van der Waals surface area contributed by atoms with Gasteiger partial charge in [-0.25, -0.2) is 0 Å². The molecule has 0 aliphatic heterocycles. The van der Waals surface area contributed by atoms with E-state index in [0.29, 0.717) is 0 Å². The molecule has 0 aromatic carbocycles. The average Bonchev–Trinajstić information content (AvgIpc) is 2.14. The van der Waals surface area contributed by atoms with Gasteiger partial charge < -0.3 is 10.4 Å². The molecule has 100 valence electrons. The molecule has 1 amide bonds. The number of amides is 1. The molecule has 0 aromatic rings. The van der Waals surface area contributed by atoms with Gasteiger partial charge in [-0.15, -0.1) is 11.8 Å². The molecule has 0 aliphatic rings. The maximum Gasteiger partial charge on any atom is 0.389 e. The second kappa shape index (κ2) is 8.21. The number of carbonyl (C=O) groups excluding carboxylic acids is 1. The van der Waals surface area contributed by atoms with Crippen molar-refractivity contribution in [1.82, 2.24) is 5.32 Å². The standard InChI is InChI=1S/C9H14F3NO3S/c10-9(11,12)3-1-2-4-13-7(14)5-17-6-8(15)16/h1-6H2,(H,13,14)(H,15,16). The number of hydrogen-bond donors (Lipinski definition) is 2. The molecule has 0 saturated heterocycles. The maximum atomic E-state index is 11.7. The minimum Gasteiger partial charge on any atom is -0.481 e. The van der Waals surface area contributed by atoms with Crippen LogP contribution in [0.2, 0.25) is 0 Å². The molecule has 0 spiro atoms. The van der Waals surface area contributed by atoms with Crippen molar-refractivity contribution in [2.24, 2.45) is 0 Å². The summed E-state index contributed by atoms with van der Waals surface area (Å²) in [7, 11) is 0. The summed E-state index contributed by atoms with van der Waals surface area (Å²) in [5.41, 5.74) is 0. The zero-order valence-electron chi connectivity index (χ0n) is 9.05. The number of halogens is 3. The summed E-state index contributed by atoms with van der Waals surface area (Å²) in [6.07, 6.45) is -4.77. The van der Waals surface area contributed by atoms with Crippen molar-refractivity contribution in [2.75, 3.05) is 18.1 Å². The van der Waals surface area contributed by atoms with Gasteiger partial charge in [-0.3, -0.25) is 9.59 Å². The minimum absolute atomic E-state index is 0.00553. The summed E-state index contributed by atoms with van der Waals surface area (Å²) >= 11 is 0.946. The van der Waals surface area contributed by atoms with Crippen molar-refractivity contribution in [2.45, 2.75) is 25.4 Å². The summed E-state index contributed by atoms with van der Waals surface area (Å²) in [4.78, 5) is 21.2. The van der Waals surface area contributed by atoms with E-state index in [1.807, 2.05) is 0 Å². The molecule has 0 unspecified atom stereocenters. The topological polar surface area (TPSA) is 66.4 Å². The lowest BCUT2D eigenvalue weighted by Crippen LogP contribution is -2.26. The number of aliphatic carboxylic acids is 1. The number of carboxylic acid groups (broad SMARTS) is 1. The molecular weight excluding hydrogens is 259 g/mol. The lowest BCUT2D eigenvalue weighted by molar-refractivity contribution is -0.136. The quantitative estimate of drug-likeness (QED) is 0.660. The average molecular weight is 273 g/mol. The molecule has 0 aliphatic carbocycles. The number of alkyl halides is 3. The third-order valence-corrected chi connectivity index (χ3v) is 2.59. The molecule has 4 nitrogen and oxygen atoms in total. The summed E-state index contributed by atoms with van der Waals surface area (Å²) in [5.74, 6) is -1.52. The van der Waals surface area contributed by atoms with E-state index in [-0.39, 0.29) is 36.8 Å². The highest BCUT2D eigenvalue weighted by Gasteiger charge is 2.25. The van der Waals surface area contributed by atoms with Crippen LogP contribution in [0.5, 0.6) is 0 Å². The van der Waals surface area contributed by atoms with E-state index in [1.165, 1.54) is 0 Å². The van der Waals surface area contributed by atoms with E-state index in [0.717, 1.165) is 11.8 Å². The van der Waals surface area contributed by atoms with Crippen molar-refractivity contribution in [3.8, 4) is 0 Å². The summed E-state index contributed by atoms with van der Waals surface area (Å²) in [5, 5.41) is 10.7. The van der Waals surface area contributed by atoms with Gasteiger partial charge in [0.1, 0.15) is 0 Å². The van der Waals surface area contributed by atoms with Gasteiger partial charge in [0.2, 0.25) is 5.91 Å². The van der Waals surface area contributed by atoms with E-state index in [2.05, 4.69) is 5.32 Å². The van der Waals surface area contributed by atoms with Crippen LogP contribution in [0.4, 0.5) is 13.2 Å². The van der Waals surface area contributed by atoms with Crippen LogP contribution in [0.3, 0.4) is 0 Å². The fourth-order valence-electron chi connectivity index (χ4n) is 0.960. The predicted molar refractivity (Wildman–Crippen MR) is 57.9 cm³/mol. The first-order chi connectivity index (χ1) is 7.81. The van der Waals surface area contributed by atoms with Crippen LogP contribution in [0.15, 0.2) is 0 Å². The summed E-state index contributed by atoms with van der Waals surface area (Å²) in [6.45, 7) is 0.183. The van der Waals surface area contributed by atoms with Gasteiger partial charge in [0.05, 0.1) is 11.5 Å². The first-order valence-corrected chi connectivity index (χ1v) is 6.10. The van der Waals surface area contributed by atoms with Crippen LogP contribution in [0.25, 0.3) is 0 Å². The van der Waals surface area contributed by atoms with E-state index < -0.39 is 18.6 Å². The molecule has 0 bridgehead atoms. The van der Waals surface area contributed by atoms with E-state index in [1.54, 1.807) is 0 Å². The summed E-state index contributed by atoms with van der Waals surface area (Å²) < 4.78 is 35.2. The van der Waals surface area contributed by atoms with Crippen molar-refractivity contribution in [1.29, 1.82) is 0 Å². The van der Waals surface area contributed by atoms with Gasteiger partial charge in [-0.1, -0.05) is 0 Å². The molecule has 0 heterocycles. The Morgan fingerprint density at radius 2 is 1.82 bits per heavy atom. The monoisotopic (exact) mass is 273 g/mol. The van der Waals surface area contributed by atoms with Crippen molar-refractivity contribution < 1.29 is 27.9 Å². The van der Waals surface area contributed by atoms with Gasteiger partial charge in [0.25, 0.3) is 0 Å². The Bertz CT molecular complexity index is 258. The van der Waals surface area contributed by atoms with Crippen molar-refractivity contribution in [3.63, 3.8) is 0 Å². The van der Waals surface area contributed by atoms with E-state index >= 15 is 0 Å². The molecule has 0 rings (SSSR count). The third kappa shape index (κ3) is 13.0. The Morgan fingerprint density at radius 1 is 1.18 bits per heavy atom. The van der Waals surface area contributed by atoms with Crippen LogP contribution in [0.1, 0.15) is 19.3 Å². The largest absolute Gasteiger partial charge is 0.481 e.